The van der Waals surface area contributed by atoms with E-state index in [4.69, 9.17) is 14.7 Å². The van der Waals surface area contributed by atoms with Crippen molar-refractivity contribution in [3.63, 3.8) is 0 Å². The van der Waals surface area contributed by atoms with E-state index in [9.17, 15) is 4.79 Å². The van der Waals surface area contributed by atoms with Gasteiger partial charge in [-0.05, 0) is 30.2 Å². The van der Waals surface area contributed by atoms with Gasteiger partial charge in [-0.25, -0.2) is 4.98 Å². The standard InChI is InChI=1S/C21H22N4O3/c1-27-18-4-3-16-10-17(14-28-19(16)11-18)21(26)25-8-6-24(7-9-25)20-5-2-15(12-22)13-23-20/h2-5,11,13,17H,6-10,14H2,1H3. The summed E-state index contributed by atoms with van der Waals surface area (Å²) < 4.78 is 11.1. The van der Waals surface area contributed by atoms with E-state index in [0.29, 0.717) is 31.7 Å². The molecule has 0 spiro atoms. The lowest BCUT2D eigenvalue weighted by molar-refractivity contribution is -0.137. The summed E-state index contributed by atoms with van der Waals surface area (Å²) in [7, 11) is 1.63. The fraction of sp³-hybridized carbons (Fsp3) is 0.381. The van der Waals surface area contributed by atoms with E-state index in [0.717, 1.165) is 36.0 Å². The molecular formula is C21H22N4O3. The van der Waals surface area contributed by atoms with Crippen LogP contribution in [0.1, 0.15) is 11.1 Å². The van der Waals surface area contributed by atoms with Crippen molar-refractivity contribution in [2.75, 3.05) is 44.8 Å². The minimum Gasteiger partial charge on any atom is -0.497 e. The van der Waals surface area contributed by atoms with Gasteiger partial charge >= 0.3 is 0 Å². The second-order valence-corrected chi connectivity index (χ2v) is 7.01. The van der Waals surface area contributed by atoms with Crippen LogP contribution < -0.4 is 14.4 Å². The molecule has 1 amide bonds. The van der Waals surface area contributed by atoms with Crippen LogP contribution >= 0.6 is 0 Å². The van der Waals surface area contributed by atoms with Gasteiger partial charge in [-0.2, -0.15) is 5.26 Å². The number of carbonyl (C=O) groups excluding carboxylic acids is 1. The first kappa shape index (κ1) is 18.1. The Balaban J connectivity index is 1.35. The normalized spacial score (nSPS) is 18.6. The van der Waals surface area contributed by atoms with Gasteiger partial charge in [-0.3, -0.25) is 4.79 Å². The Kier molecular flexibility index (Phi) is 5.02. The smallest absolute Gasteiger partial charge is 0.229 e. The number of hydrogen-bond acceptors (Lipinski definition) is 6. The first-order chi connectivity index (χ1) is 13.7. The van der Waals surface area contributed by atoms with Gasteiger partial charge in [-0.15, -0.1) is 0 Å². The number of hydrogen-bond donors (Lipinski definition) is 0. The van der Waals surface area contributed by atoms with Crippen LogP contribution in [0.15, 0.2) is 36.5 Å². The Morgan fingerprint density at radius 1 is 1.25 bits per heavy atom. The molecule has 1 fully saturated rings. The molecule has 2 aromatic rings. The van der Waals surface area contributed by atoms with Gasteiger partial charge < -0.3 is 19.3 Å². The summed E-state index contributed by atoms with van der Waals surface area (Å²) >= 11 is 0. The van der Waals surface area contributed by atoms with Gasteiger partial charge in [0.05, 0.1) is 18.6 Å². The van der Waals surface area contributed by atoms with Gasteiger partial charge in [0.15, 0.2) is 0 Å². The highest BCUT2D eigenvalue weighted by molar-refractivity contribution is 5.80. The number of nitrogens with zero attached hydrogens (tertiary/aromatic N) is 4. The van der Waals surface area contributed by atoms with Crippen molar-refractivity contribution in [1.29, 1.82) is 5.26 Å². The lowest BCUT2D eigenvalue weighted by Crippen LogP contribution is -2.51. The number of amides is 1. The van der Waals surface area contributed by atoms with Crippen molar-refractivity contribution in [2.45, 2.75) is 6.42 Å². The summed E-state index contributed by atoms with van der Waals surface area (Å²) in [5.74, 6) is 2.40. The van der Waals surface area contributed by atoms with Gasteiger partial charge in [0.2, 0.25) is 5.91 Å². The Hall–Kier alpha value is -3.27. The van der Waals surface area contributed by atoms with E-state index in [1.807, 2.05) is 29.2 Å². The molecule has 28 heavy (non-hydrogen) atoms. The molecule has 1 saturated heterocycles. The van der Waals surface area contributed by atoms with Crippen molar-refractivity contribution in [2.24, 2.45) is 5.92 Å². The molecule has 1 aromatic carbocycles. The number of anilines is 1. The largest absolute Gasteiger partial charge is 0.497 e. The summed E-state index contributed by atoms with van der Waals surface area (Å²) in [4.78, 5) is 21.4. The fourth-order valence-electron chi connectivity index (χ4n) is 3.69. The highest BCUT2D eigenvalue weighted by Gasteiger charge is 2.31. The van der Waals surface area contributed by atoms with Crippen molar-refractivity contribution >= 4 is 11.7 Å². The molecule has 1 atom stereocenters. The molecule has 1 aromatic heterocycles. The molecule has 1 unspecified atom stereocenters. The Morgan fingerprint density at radius 3 is 2.75 bits per heavy atom. The second kappa shape index (κ2) is 7.77. The van der Waals surface area contributed by atoms with Crippen LogP contribution in [0.25, 0.3) is 0 Å². The molecular weight excluding hydrogens is 356 g/mol. The molecule has 0 bridgehead atoms. The average molecular weight is 378 g/mol. The van der Waals surface area contributed by atoms with Crippen LogP contribution in [-0.4, -0.2) is 55.7 Å². The Bertz CT molecular complexity index is 899. The lowest BCUT2D eigenvalue weighted by atomic mass is 9.95. The quantitative estimate of drug-likeness (QED) is 0.811. The third-order valence-electron chi connectivity index (χ3n) is 5.32. The Morgan fingerprint density at radius 2 is 2.07 bits per heavy atom. The van der Waals surface area contributed by atoms with E-state index in [1.165, 1.54) is 0 Å². The van der Waals surface area contributed by atoms with Gasteiger partial charge in [-0.1, -0.05) is 6.07 Å². The van der Waals surface area contributed by atoms with Gasteiger partial charge in [0.25, 0.3) is 0 Å². The number of rotatable bonds is 3. The third kappa shape index (κ3) is 3.58. The van der Waals surface area contributed by atoms with E-state index in [2.05, 4.69) is 16.0 Å². The highest BCUT2D eigenvalue weighted by Crippen LogP contribution is 2.31. The number of pyridine rings is 1. The number of piperazine rings is 1. The Labute approximate surface area is 164 Å². The minimum atomic E-state index is -0.152. The number of nitriles is 1. The topological polar surface area (TPSA) is 78.7 Å². The first-order valence-corrected chi connectivity index (χ1v) is 9.37. The van der Waals surface area contributed by atoms with E-state index in [1.54, 1.807) is 19.4 Å². The maximum Gasteiger partial charge on any atom is 0.229 e. The summed E-state index contributed by atoms with van der Waals surface area (Å²) in [6.45, 7) is 3.17. The number of methoxy groups -OCH3 is 1. The number of fused-ring (bicyclic) bond motifs is 1. The van der Waals surface area contributed by atoms with Crippen LogP contribution in [0.5, 0.6) is 11.5 Å². The van der Waals surface area contributed by atoms with Crippen LogP contribution in [-0.2, 0) is 11.2 Å². The highest BCUT2D eigenvalue weighted by atomic mass is 16.5. The number of aromatic nitrogens is 1. The average Bonchev–Trinajstić information content (AvgIpc) is 2.78. The summed E-state index contributed by atoms with van der Waals surface area (Å²) in [5, 5.41) is 8.88. The maximum atomic E-state index is 13.0. The lowest BCUT2D eigenvalue weighted by Gasteiger charge is -2.37. The van der Waals surface area contributed by atoms with Gasteiger partial charge in [0.1, 0.15) is 30.0 Å². The molecule has 2 aliphatic heterocycles. The SMILES string of the molecule is COc1ccc2c(c1)OCC(C(=O)N1CCN(c3ccc(C#N)cn3)CC1)C2. The predicted molar refractivity (Wildman–Crippen MR) is 103 cm³/mol. The summed E-state index contributed by atoms with van der Waals surface area (Å²) in [5.41, 5.74) is 1.60. The molecule has 0 saturated carbocycles. The molecule has 3 heterocycles. The molecule has 0 radical (unpaired) electrons. The summed E-state index contributed by atoms with van der Waals surface area (Å²) in [6, 6.07) is 11.5. The molecule has 0 aliphatic carbocycles. The van der Waals surface area contributed by atoms with Crippen LogP contribution in [0.2, 0.25) is 0 Å². The molecule has 2 aliphatic rings. The van der Waals surface area contributed by atoms with Crippen molar-refractivity contribution in [1.82, 2.24) is 9.88 Å². The van der Waals surface area contributed by atoms with Crippen LogP contribution in [0.3, 0.4) is 0 Å². The van der Waals surface area contributed by atoms with Crippen molar-refractivity contribution < 1.29 is 14.3 Å². The zero-order valence-electron chi connectivity index (χ0n) is 15.8. The van der Waals surface area contributed by atoms with E-state index < -0.39 is 0 Å². The van der Waals surface area contributed by atoms with E-state index >= 15 is 0 Å². The minimum absolute atomic E-state index is 0.147. The second-order valence-electron chi connectivity index (χ2n) is 7.01. The number of ether oxygens (including phenoxy) is 2. The zero-order valence-corrected chi connectivity index (χ0v) is 15.8. The van der Waals surface area contributed by atoms with Crippen LogP contribution in [0.4, 0.5) is 5.82 Å². The maximum absolute atomic E-state index is 13.0. The third-order valence-corrected chi connectivity index (χ3v) is 5.32. The van der Waals surface area contributed by atoms with Crippen LogP contribution in [0, 0.1) is 17.2 Å². The van der Waals surface area contributed by atoms with Crippen molar-refractivity contribution in [3.05, 3.63) is 47.7 Å². The van der Waals surface area contributed by atoms with E-state index in [-0.39, 0.29) is 11.8 Å². The predicted octanol–water partition coefficient (Wildman–Crippen LogP) is 1.86. The molecule has 144 valence electrons. The summed E-state index contributed by atoms with van der Waals surface area (Å²) in [6.07, 6.45) is 2.27. The molecule has 7 nitrogen and oxygen atoms in total. The fourth-order valence-corrected chi connectivity index (χ4v) is 3.69. The molecule has 0 N–H and O–H groups in total. The number of carbonyl (C=O) groups is 1. The first-order valence-electron chi connectivity index (χ1n) is 9.37. The van der Waals surface area contributed by atoms with Crippen molar-refractivity contribution in [3.8, 4) is 17.6 Å². The zero-order chi connectivity index (χ0) is 19.5. The molecule has 7 heteroatoms. The van der Waals surface area contributed by atoms with Gasteiger partial charge in [0, 0.05) is 38.4 Å². The monoisotopic (exact) mass is 378 g/mol. The molecule has 4 rings (SSSR count). The number of benzene rings is 1.